The van der Waals surface area contributed by atoms with E-state index in [0.717, 1.165) is 56.4 Å². The molecule has 1 N–H and O–H groups in total. The molecule has 3 aromatic carbocycles. The summed E-state index contributed by atoms with van der Waals surface area (Å²) in [4.78, 5) is 16.5. The molecule has 2 heterocycles. The van der Waals surface area contributed by atoms with Crippen molar-refractivity contribution in [2.45, 2.75) is 13.3 Å². The fourth-order valence-corrected chi connectivity index (χ4v) is 4.79. The molecule has 0 atom stereocenters. The normalized spacial score (nSPS) is 11.8. The van der Waals surface area contributed by atoms with Crippen molar-refractivity contribution in [2.75, 3.05) is 0 Å². The molecule has 5 rings (SSSR count). The molecule has 2 aromatic heterocycles. The molecule has 0 bridgehead atoms. The SMILES string of the molecule is C=CC(=O)Oc1ccccc1/C(=C(\CC)c1ccc(-c2cscn2)cc1)c1ccc2[nH]ncc2c1. The molecule has 5 aromatic rings. The number of H-pyrrole nitrogens is 1. The summed E-state index contributed by atoms with van der Waals surface area (Å²) in [6.07, 6.45) is 3.77. The third-order valence-electron chi connectivity index (χ3n) is 5.88. The van der Waals surface area contributed by atoms with E-state index in [1.807, 2.05) is 47.4 Å². The number of allylic oxidation sites excluding steroid dienone is 1. The fourth-order valence-electron chi connectivity index (χ4n) is 4.23. The number of fused-ring (bicyclic) bond motifs is 1. The first-order valence-electron chi connectivity index (χ1n) is 11.3. The third kappa shape index (κ3) is 4.56. The molecule has 5 nitrogen and oxygen atoms in total. The van der Waals surface area contributed by atoms with Gasteiger partial charge in [0.2, 0.25) is 0 Å². The summed E-state index contributed by atoms with van der Waals surface area (Å²) in [6.45, 7) is 5.68. The number of aromatic amines is 1. The van der Waals surface area contributed by atoms with Crippen LogP contribution in [0.15, 0.2) is 96.5 Å². The maximum atomic E-state index is 12.1. The third-order valence-corrected chi connectivity index (χ3v) is 6.47. The first-order chi connectivity index (χ1) is 17.2. The number of benzene rings is 3. The van der Waals surface area contributed by atoms with Gasteiger partial charge in [0.25, 0.3) is 0 Å². The number of thiazole rings is 1. The van der Waals surface area contributed by atoms with Gasteiger partial charge in [-0.05, 0) is 46.9 Å². The van der Waals surface area contributed by atoms with Crippen molar-refractivity contribution >= 4 is 39.4 Å². The zero-order valence-corrected chi connectivity index (χ0v) is 20.0. The lowest BCUT2D eigenvalue weighted by Crippen LogP contribution is -2.06. The van der Waals surface area contributed by atoms with Crippen LogP contribution in [0.5, 0.6) is 5.75 Å². The molecular weight excluding hydrogens is 454 g/mol. The lowest BCUT2D eigenvalue weighted by Gasteiger charge is -2.19. The highest BCUT2D eigenvalue weighted by molar-refractivity contribution is 7.07. The molecular formula is C29H23N3O2S. The predicted octanol–water partition coefficient (Wildman–Crippen LogP) is 7.15. The van der Waals surface area contributed by atoms with E-state index in [1.165, 1.54) is 6.08 Å². The molecule has 0 fully saturated rings. The zero-order chi connectivity index (χ0) is 24.2. The van der Waals surface area contributed by atoms with Crippen LogP contribution in [0, 0.1) is 0 Å². The van der Waals surface area contributed by atoms with E-state index < -0.39 is 5.97 Å². The van der Waals surface area contributed by atoms with E-state index >= 15 is 0 Å². The summed E-state index contributed by atoms with van der Waals surface area (Å²) in [5.74, 6) is -0.00233. The Hall–Kier alpha value is -4.29. The van der Waals surface area contributed by atoms with Crippen LogP contribution < -0.4 is 4.74 Å². The van der Waals surface area contributed by atoms with Crippen LogP contribution in [0.2, 0.25) is 0 Å². The molecule has 0 spiro atoms. The summed E-state index contributed by atoms with van der Waals surface area (Å²) in [5, 5.41) is 10.2. The van der Waals surface area contributed by atoms with Crippen LogP contribution in [-0.4, -0.2) is 21.2 Å². The summed E-state index contributed by atoms with van der Waals surface area (Å²) in [6, 6.07) is 22.3. The Balaban J connectivity index is 1.72. The first kappa shape index (κ1) is 22.5. The highest BCUT2D eigenvalue weighted by Gasteiger charge is 2.18. The number of rotatable bonds is 7. The summed E-state index contributed by atoms with van der Waals surface area (Å²) in [7, 11) is 0. The Morgan fingerprint density at radius 3 is 2.63 bits per heavy atom. The second-order valence-electron chi connectivity index (χ2n) is 7.95. The lowest BCUT2D eigenvalue weighted by atomic mass is 9.87. The van der Waals surface area contributed by atoms with Gasteiger partial charge in [-0.3, -0.25) is 5.10 Å². The van der Waals surface area contributed by atoms with E-state index in [9.17, 15) is 4.79 Å². The number of nitrogens with zero attached hydrogens (tertiary/aromatic N) is 2. The highest BCUT2D eigenvalue weighted by Crippen LogP contribution is 2.39. The average Bonchev–Trinajstić information content (AvgIpc) is 3.60. The van der Waals surface area contributed by atoms with E-state index in [-0.39, 0.29) is 0 Å². The number of para-hydroxylation sites is 1. The quantitative estimate of drug-likeness (QED) is 0.117. The van der Waals surface area contributed by atoms with Gasteiger partial charge in [0, 0.05) is 28.0 Å². The summed E-state index contributed by atoms with van der Waals surface area (Å²) in [5.41, 5.74) is 9.94. The van der Waals surface area contributed by atoms with E-state index in [4.69, 9.17) is 4.74 Å². The van der Waals surface area contributed by atoms with Crippen LogP contribution in [0.4, 0.5) is 0 Å². The standard InChI is InChI=1S/C29H23N3O2S/c1-3-23(19-9-11-20(12-10-19)26-17-35-18-30-26)29(21-13-14-25-22(15-21)16-31-32-25)24-7-5-6-8-27(24)34-28(33)4-2/h4-18H,2-3H2,1H3,(H,31,32)/b29-23+. The maximum Gasteiger partial charge on any atom is 0.335 e. The molecule has 0 aliphatic heterocycles. The van der Waals surface area contributed by atoms with Gasteiger partial charge in [0.15, 0.2) is 0 Å². The van der Waals surface area contributed by atoms with Crippen LogP contribution in [0.25, 0.3) is 33.3 Å². The number of nitrogens with one attached hydrogen (secondary N) is 1. The van der Waals surface area contributed by atoms with Crippen molar-refractivity contribution < 1.29 is 9.53 Å². The Labute approximate surface area is 207 Å². The van der Waals surface area contributed by atoms with Gasteiger partial charge in [-0.25, -0.2) is 9.78 Å². The average molecular weight is 478 g/mol. The minimum Gasteiger partial charge on any atom is -0.423 e. The van der Waals surface area contributed by atoms with Crippen LogP contribution in [-0.2, 0) is 4.79 Å². The van der Waals surface area contributed by atoms with Gasteiger partial charge < -0.3 is 4.74 Å². The van der Waals surface area contributed by atoms with Gasteiger partial charge in [0.1, 0.15) is 5.75 Å². The summed E-state index contributed by atoms with van der Waals surface area (Å²) >= 11 is 1.58. The number of ether oxygens (including phenoxy) is 1. The van der Waals surface area contributed by atoms with Gasteiger partial charge in [0.05, 0.1) is 22.9 Å². The van der Waals surface area contributed by atoms with Crippen molar-refractivity contribution in [3.8, 4) is 17.0 Å². The fraction of sp³-hybridized carbons (Fsp3) is 0.0690. The minimum absolute atomic E-state index is 0.490. The van der Waals surface area contributed by atoms with Gasteiger partial charge in [-0.15, -0.1) is 11.3 Å². The minimum atomic E-state index is -0.493. The number of carbonyl (C=O) groups is 1. The Kier molecular flexibility index (Phi) is 6.37. The molecule has 35 heavy (non-hydrogen) atoms. The van der Waals surface area contributed by atoms with Crippen molar-refractivity contribution in [2.24, 2.45) is 0 Å². The molecule has 6 heteroatoms. The maximum absolute atomic E-state index is 12.1. The van der Waals surface area contributed by atoms with Gasteiger partial charge >= 0.3 is 5.97 Å². The van der Waals surface area contributed by atoms with Gasteiger partial charge in [-0.2, -0.15) is 5.10 Å². The van der Waals surface area contributed by atoms with E-state index in [1.54, 1.807) is 11.3 Å². The van der Waals surface area contributed by atoms with Crippen LogP contribution in [0.3, 0.4) is 0 Å². The molecule has 0 aliphatic carbocycles. The number of hydrogen-bond donors (Lipinski definition) is 1. The largest absolute Gasteiger partial charge is 0.423 e. The Bertz CT molecular complexity index is 1530. The highest BCUT2D eigenvalue weighted by atomic mass is 32.1. The lowest BCUT2D eigenvalue weighted by molar-refractivity contribution is -0.128. The van der Waals surface area contributed by atoms with E-state index in [0.29, 0.717) is 5.75 Å². The van der Waals surface area contributed by atoms with Crippen molar-refractivity contribution in [3.63, 3.8) is 0 Å². The number of carbonyl (C=O) groups excluding carboxylic acids is 1. The van der Waals surface area contributed by atoms with Crippen molar-refractivity contribution in [3.05, 3.63) is 113 Å². The van der Waals surface area contributed by atoms with Crippen LogP contribution in [0.1, 0.15) is 30.0 Å². The van der Waals surface area contributed by atoms with Crippen molar-refractivity contribution in [1.29, 1.82) is 0 Å². The molecule has 0 radical (unpaired) electrons. The van der Waals surface area contributed by atoms with Gasteiger partial charge in [-0.1, -0.05) is 62.0 Å². The number of aromatic nitrogens is 3. The Morgan fingerprint density at radius 2 is 1.89 bits per heavy atom. The molecule has 0 aliphatic rings. The second kappa shape index (κ2) is 9.91. The molecule has 0 saturated heterocycles. The Morgan fingerprint density at radius 1 is 1.09 bits per heavy atom. The van der Waals surface area contributed by atoms with E-state index in [2.05, 4.69) is 65.1 Å². The number of hydrogen-bond acceptors (Lipinski definition) is 5. The molecule has 0 amide bonds. The smallest absolute Gasteiger partial charge is 0.335 e. The second-order valence-corrected chi connectivity index (χ2v) is 8.67. The predicted molar refractivity (Wildman–Crippen MR) is 142 cm³/mol. The molecule has 172 valence electrons. The molecule has 0 unspecified atom stereocenters. The number of esters is 1. The summed E-state index contributed by atoms with van der Waals surface area (Å²) < 4.78 is 5.65. The zero-order valence-electron chi connectivity index (χ0n) is 19.2. The monoisotopic (exact) mass is 477 g/mol. The molecule has 0 saturated carbocycles. The topological polar surface area (TPSA) is 67.9 Å². The van der Waals surface area contributed by atoms with Crippen LogP contribution >= 0.6 is 11.3 Å². The first-order valence-corrected chi connectivity index (χ1v) is 12.2. The van der Waals surface area contributed by atoms with Crippen molar-refractivity contribution in [1.82, 2.24) is 15.2 Å².